The topological polar surface area (TPSA) is 65.6 Å². The molecule has 0 radical (unpaired) electrons. The van der Waals surface area contributed by atoms with Crippen molar-refractivity contribution in [3.63, 3.8) is 0 Å². The first-order valence-corrected chi connectivity index (χ1v) is 9.85. The zero-order valence-electron chi connectivity index (χ0n) is 16.3. The highest BCUT2D eigenvalue weighted by molar-refractivity contribution is 6.22. The van der Waals surface area contributed by atoms with Gasteiger partial charge in [0.2, 0.25) is 5.91 Å². The van der Waals surface area contributed by atoms with E-state index in [1.54, 1.807) is 0 Å². The van der Waals surface area contributed by atoms with Crippen LogP contribution in [0, 0.1) is 0 Å². The Morgan fingerprint density at radius 1 is 1.03 bits per heavy atom. The summed E-state index contributed by atoms with van der Waals surface area (Å²) in [6.07, 6.45) is -4.00. The van der Waals surface area contributed by atoms with Crippen LogP contribution in [0.3, 0.4) is 0 Å². The lowest BCUT2D eigenvalue weighted by molar-refractivity contribution is -0.274. The van der Waals surface area contributed by atoms with Crippen molar-refractivity contribution in [3.8, 4) is 5.75 Å². The van der Waals surface area contributed by atoms with Crippen LogP contribution in [0.15, 0.2) is 48.5 Å². The van der Waals surface area contributed by atoms with Crippen LogP contribution < -0.4 is 9.64 Å². The van der Waals surface area contributed by atoms with Crippen LogP contribution in [0.2, 0.25) is 0 Å². The smallest absolute Gasteiger partial charge is 0.406 e. The molecule has 2 amide bonds. The maximum atomic E-state index is 13.1. The number of amides is 2. The van der Waals surface area contributed by atoms with Crippen LogP contribution in [0.5, 0.6) is 5.75 Å². The first-order valence-electron chi connectivity index (χ1n) is 9.85. The zero-order chi connectivity index (χ0) is 21.8. The standard InChI is InChI=1S/C22H18F3N3O3/c23-22(24,25)31-14-7-5-13(6-8-14)28-20(29)11-19(21(28)30)27-10-9-16-15-3-1-2-4-17(15)26-18(16)12-27/h1-8,19,26H,9-12H2/t19-/m0/s1. The predicted octanol–water partition coefficient (Wildman–Crippen LogP) is 3.76. The minimum atomic E-state index is -4.80. The molecule has 31 heavy (non-hydrogen) atoms. The fourth-order valence-corrected chi connectivity index (χ4v) is 4.45. The summed E-state index contributed by atoms with van der Waals surface area (Å²) in [7, 11) is 0. The van der Waals surface area contributed by atoms with Crippen LogP contribution in [0.25, 0.3) is 10.9 Å². The molecule has 1 aromatic heterocycles. The number of halogens is 3. The maximum Gasteiger partial charge on any atom is 0.573 e. The third-order valence-corrected chi connectivity index (χ3v) is 5.80. The molecule has 0 spiro atoms. The van der Waals surface area contributed by atoms with E-state index in [4.69, 9.17) is 0 Å². The average Bonchev–Trinajstić information content (AvgIpc) is 3.24. The van der Waals surface area contributed by atoms with Gasteiger partial charge in [-0.15, -0.1) is 13.2 Å². The third kappa shape index (κ3) is 3.54. The number of hydrogen-bond donors (Lipinski definition) is 1. The van der Waals surface area contributed by atoms with Crippen molar-refractivity contribution in [3.05, 3.63) is 59.8 Å². The van der Waals surface area contributed by atoms with E-state index in [2.05, 4.69) is 15.8 Å². The number of nitrogens with one attached hydrogen (secondary N) is 1. The summed E-state index contributed by atoms with van der Waals surface area (Å²) in [6.45, 7) is 1.17. The number of anilines is 1. The molecule has 0 aliphatic carbocycles. The summed E-state index contributed by atoms with van der Waals surface area (Å²) in [5.41, 5.74) is 3.56. The second kappa shape index (κ2) is 7.12. The second-order valence-corrected chi connectivity index (χ2v) is 7.68. The summed E-state index contributed by atoms with van der Waals surface area (Å²) in [6, 6.07) is 12.2. The molecule has 0 unspecified atom stereocenters. The number of H-pyrrole nitrogens is 1. The number of alkyl halides is 3. The molecule has 2 aliphatic heterocycles. The number of rotatable bonds is 3. The molecule has 5 rings (SSSR count). The number of para-hydroxylation sites is 1. The number of ether oxygens (including phenoxy) is 1. The molecule has 1 fully saturated rings. The zero-order valence-corrected chi connectivity index (χ0v) is 16.3. The number of carbonyl (C=O) groups excluding carboxylic acids is 2. The fourth-order valence-electron chi connectivity index (χ4n) is 4.45. The largest absolute Gasteiger partial charge is 0.573 e. The Kier molecular flexibility index (Phi) is 4.51. The summed E-state index contributed by atoms with van der Waals surface area (Å²) in [5.74, 6) is -1.15. The van der Waals surface area contributed by atoms with Gasteiger partial charge in [-0.1, -0.05) is 18.2 Å². The molecule has 0 bridgehead atoms. The number of nitrogens with zero attached hydrogens (tertiary/aromatic N) is 2. The SMILES string of the molecule is O=C1C[C@H](N2CCc3c([nH]c4ccccc34)C2)C(=O)N1c1ccc(OC(F)(F)F)cc1. The van der Waals surface area contributed by atoms with E-state index in [1.807, 2.05) is 23.1 Å². The number of aromatic amines is 1. The second-order valence-electron chi connectivity index (χ2n) is 7.68. The highest BCUT2D eigenvalue weighted by Gasteiger charge is 2.43. The lowest BCUT2D eigenvalue weighted by Gasteiger charge is -2.30. The molecule has 9 heteroatoms. The Bertz CT molecular complexity index is 1170. The number of benzene rings is 2. The molecule has 1 N–H and O–H groups in total. The molecule has 6 nitrogen and oxygen atoms in total. The quantitative estimate of drug-likeness (QED) is 0.644. The van der Waals surface area contributed by atoms with Crippen molar-refractivity contribution in [1.29, 1.82) is 0 Å². The van der Waals surface area contributed by atoms with Crippen molar-refractivity contribution in [2.24, 2.45) is 0 Å². The first kappa shape index (κ1) is 19.6. The summed E-state index contributed by atoms with van der Waals surface area (Å²) in [5, 5.41) is 1.17. The molecular weight excluding hydrogens is 411 g/mol. The molecule has 2 aliphatic rings. The normalized spacial score (nSPS) is 19.8. The van der Waals surface area contributed by atoms with E-state index in [0.717, 1.165) is 34.7 Å². The Balaban J connectivity index is 1.34. The molecule has 1 atom stereocenters. The Morgan fingerprint density at radius 3 is 2.52 bits per heavy atom. The lowest BCUT2D eigenvalue weighted by Crippen LogP contribution is -2.44. The van der Waals surface area contributed by atoms with Crippen LogP contribution in [-0.4, -0.2) is 40.6 Å². The van der Waals surface area contributed by atoms with Crippen molar-refractivity contribution < 1.29 is 27.5 Å². The van der Waals surface area contributed by atoms with E-state index in [-0.39, 0.29) is 23.9 Å². The van der Waals surface area contributed by atoms with Gasteiger partial charge in [0.15, 0.2) is 0 Å². The van der Waals surface area contributed by atoms with E-state index in [1.165, 1.54) is 23.1 Å². The van der Waals surface area contributed by atoms with Gasteiger partial charge in [0.25, 0.3) is 5.91 Å². The number of imide groups is 1. The molecule has 160 valence electrons. The Labute approximate surface area is 175 Å². The average molecular weight is 429 g/mol. The molecule has 3 heterocycles. The lowest BCUT2D eigenvalue weighted by atomic mass is 10.0. The van der Waals surface area contributed by atoms with Crippen molar-refractivity contribution in [1.82, 2.24) is 9.88 Å². The molecule has 0 saturated carbocycles. The predicted molar refractivity (Wildman–Crippen MR) is 106 cm³/mol. The molecular formula is C22H18F3N3O3. The van der Waals surface area contributed by atoms with Crippen LogP contribution in [-0.2, 0) is 22.6 Å². The summed E-state index contributed by atoms with van der Waals surface area (Å²) < 4.78 is 40.9. The summed E-state index contributed by atoms with van der Waals surface area (Å²) >= 11 is 0. The van der Waals surface area contributed by atoms with E-state index in [9.17, 15) is 22.8 Å². The monoisotopic (exact) mass is 429 g/mol. The molecule has 1 saturated heterocycles. The highest BCUT2D eigenvalue weighted by Crippen LogP contribution is 2.33. The van der Waals surface area contributed by atoms with E-state index < -0.39 is 18.2 Å². The fraction of sp³-hybridized carbons (Fsp3) is 0.273. The number of carbonyl (C=O) groups is 2. The van der Waals surface area contributed by atoms with Gasteiger partial charge in [0, 0.05) is 29.7 Å². The number of hydrogen-bond acceptors (Lipinski definition) is 4. The van der Waals surface area contributed by atoms with E-state index in [0.29, 0.717) is 13.1 Å². The van der Waals surface area contributed by atoms with Gasteiger partial charge >= 0.3 is 6.36 Å². The maximum absolute atomic E-state index is 13.1. The number of fused-ring (bicyclic) bond motifs is 3. The summed E-state index contributed by atoms with van der Waals surface area (Å²) in [4.78, 5) is 32.1. The van der Waals surface area contributed by atoms with Crippen LogP contribution >= 0.6 is 0 Å². The Morgan fingerprint density at radius 2 is 1.77 bits per heavy atom. The first-order chi connectivity index (χ1) is 14.8. The number of aromatic nitrogens is 1. The van der Waals surface area contributed by atoms with Gasteiger partial charge in [-0.3, -0.25) is 14.5 Å². The highest BCUT2D eigenvalue weighted by atomic mass is 19.4. The molecule has 2 aromatic carbocycles. The van der Waals surface area contributed by atoms with E-state index >= 15 is 0 Å². The van der Waals surface area contributed by atoms with Crippen molar-refractivity contribution >= 4 is 28.4 Å². The van der Waals surface area contributed by atoms with Gasteiger partial charge in [-0.2, -0.15) is 0 Å². The minimum Gasteiger partial charge on any atom is -0.406 e. The van der Waals surface area contributed by atoms with Crippen molar-refractivity contribution in [2.75, 3.05) is 11.4 Å². The molecule has 3 aromatic rings. The van der Waals surface area contributed by atoms with Gasteiger partial charge in [0.05, 0.1) is 18.2 Å². The third-order valence-electron chi connectivity index (χ3n) is 5.80. The van der Waals surface area contributed by atoms with Crippen LogP contribution in [0.4, 0.5) is 18.9 Å². The van der Waals surface area contributed by atoms with Crippen LogP contribution in [0.1, 0.15) is 17.7 Å². The van der Waals surface area contributed by atoms with Gasteiger partial charge < -0.3 is 9.72 Å². The minimum absolute atomic E-state index is 0.0369. The Hall–Kier alpha value is -3.33. The van der Waals surface area contributed by atoms with Gasteiger partial charge in [0.1, 0.15) is 5.75 Å². The van der Waals surface area contributed by atoms with Gasteiger partial charge in [-0.25, -0.2) is 4.90 Å². The van der Waals surface area contributed by atoms with Gasteiger partial charge in [-0.05, 0) is 42.3 Å². The van der Waals surface area contributed by atoms with Crippen molar-refractivity contribution in [2.45, 2.75) is 31.8 Å².